The molecule has 5 heteroatoms. The number of hydrogen-bond acceptors (Lipinski definition) is 4. The van der Waals surface area contributed by atoms with E-state index in [1.54, 1.807) is 13.8 Å². The third-order valence-corrected chi connectivity index (χ3v) is 0.929. The van der Waals surface area contributed by atoms with Gasteiger partial charge in [0, 0.05) is 31.6 Å². The average Bonchev–Trinajstić information content (AvgIpc) is 2.02. The molecule has 0 fully saturated rings. The van der Waals surface area contributed by atoms with Gasteiger partial charge in [-0.05, 0) is 13.8 Å². The van der Waals surface area contributed by atoms with Crippen LogP contribution in [0.2, 0.25) is 0 Å². The van der Waals surface area contributed by atoms with Crippen LogP contribution < -0.4 is 0 Å². The minimum Gasteiger partial charge on any atom is -0.463 e. The normalized spacial score (nSPS) is 9.08. The minimum atomic E-state index is -0.537. The summed E-state index contributed by atoms with van der Waals surface area (Å²) in [7, 11) is 0. The largest absolute Gasteiger partial charge is 0.463 e. The Kier molecular flexibility index (Phi) is 10.7. The summed E-state index contributed by atoms with van der Waals surface area (Å²) in [5.41, 5.74) is 0. The molecule has 0 spiro atoms. The summed E-state index contributed by atoms with van der Waals surface area (Å²) in [6.07, 6.45) is 2.09. The van der Waals surface area contributed by atoms with E-state index in [9.17, 15) is 9.59 Å². The van der Waals surface area contributed by atoms with Crippen molar-refractivity contribution in [2.75, 3.05) is 13.2 Å². The van der Waals surface area contributed by atoms with Gasteiger partial charge in [0.25, 0.3) is 0 Å². The second-order valence-electron chi connectivity index (χ2n) is 1.84. The number of esters is 2. The molecule has 0 unspecified atom stereocenters. The predicted molar refractivity (Wildman–Crippen MR) is 42.4 cm³/mol. The topological polar surface area (TPSA) is 52.6 Å². The van der Waals surface area contributed by atoms with Gasteiger partial charge in [0.05, 0.1) is 13.2 Å². The van der Waals surface area contributed by atoms with Crippen LogP contribution in [0.1, 0.15) is 13.8 Å². The monoisotopic (exact) mass is 236 g/mol. The number of carbonyl (C=O) groups excluding carboxylic acids is 2. The summed E-state index contributed by atoms with van der Waals surface area (Å²) >= 11 is 0. The van der Waals surface area contributed by atoms with Crippen molar-refractivity contribution in [2.45, 2.75) is 13.8 Å². The summed E-state index contributed by atoms with van der Waals surface area (Å²) in [5, 5.41) is 0. The molecule has 0 aromatic heterocycles. The van der Waals surface area contributed by atoms with E-state index in [-0.39, 0.29) is 19.5 Å². The Morgan fingerprint density at radius 1 is 1.00 bits per heavy atom. The van der Waals surface area contributed by atoms with Gasteiger partial charge in [-0.25, -0.2) is 9.59 Å². The van der Waals surface area contributed by atoms with E-state index in [0.29, 0.717) is 13.2 Å². The van der Waals surface area contributed by atoms with E-state index in [0.717, 1.165) is 12.2 Å². The molecule has 0 N–H and O–H groups in total. The molecule has 0 aliphatic carbocycles. The molecule has 0 radical (unpaired) electrons. The second-order valence-corrected chi connectivity index (χ2v) is 1.84. The zero-order valence-corrected chi connectivity index (χ0v) is 10.9. The number of hydrogen-bond donors (Lipinski definition) is 0. The summed E-state index contributed by atoms with van der Waals surface area (Å²) < 4.78 is 9.07. The molecule has 0 aromatic carbocycles. The molecule has 0 aliphatic heterocycles. The molecule has 70 valence electrons. The van der Waals surface area contributed by atoms with E-state index < -0.39 is 11.9 Å². The SMILES string of the molecule is CCOC(=O)/C=C/C(=O)OCC.[Zn]. The maximum absolute atomic E-state index is 10.6. The van der Waals surface area contributed by atoms with Gasteiger partial charge in [-0.15, -0.1) is 0 Å². The Balaban J connectivity index is 0. The zero-order chi connectivity index (χ0) is 9.40. The molecule has 0 aliphatic rings. The van der Waals surface area contributed by atoms with E-state index >= 15 is 0 Å². The first-order valence-electron chi connectivity index (χ1n) is 3.72. The molecule has 0 saturated heterocycles. The molecular formula is C8H12O4Zn. The third-order valence-electron chi connectivity index (χ3n) is 0.929. The van der Waals surface area contributed by atoms with Gasteiger partial charge in [-0.1, -0.05) is 0 Å². The summed E-state index contributed by atoms with van der Waals surface area (Å²) in [4.78, 5) is 21.3. The molecule has 0 saturated carbocycles. The van der Waals surface area contributed by atoms with Crippen molar-refractivity contribution < 1.29 is 38.5 Å². The molecule has 13 heavy (non-hydrogen) atoms. The van der Waals surface area contributed by atoms with Crippen LogP contribution in [0, 0.1) is 0 Å². The smallest absolute Gasteiger partial charge is 0.330 e. The van der Waals surface area contributed by atoms with Crippen LogP contribution in [0.3, 0.4) is 0 Å². The van der Waals surface area contributed by atoms with Crippen LogP contribution >= 0.6 is 0 Å². The van der Waals surface area contributed by atoms with Crippen molar-refractivity contribution >= 4 is 11.9 Å². The van der Waals surface area contributed by atoms with Crippen molar-refractivity contribution in [1.29, 1.82) is 0 Å². The molecule has 4 nitrogen and oxygen atoms in total. The Hall–Kier alpha value is -0.697. The Bertz CT molecular complexity index is 169. The maximum Gasteiger partial charge on any atom is 0.330 e. The molecule has 0 bridgehead atoms. The van der Waals surface area contributed by atoms with E-state index in [1.165, 1.54) is 0 Å². The van der Waals surface area contributed by atoms with Crippen LogP contribution in [0.15, 0.2) is 12.2 Å². The van der Waals surface area contributed by atoms with Crippen molar-refractivity contribution in [3.63, 3.8) is 0 Å². The quantitative estimate of drug-likeness (QED) is 0.410. The zero-order valence-electron chi connectivity index (χ0n) is 7.91. The van der Waals surface area contributed by atoms with Gasteiger partial charge in [-0.2, -0.15) is 0 Å². The Labute approximate surface area is 90.0 Å². The number of ether oxygens (including phenoxy) is 2. The first-order valence-corrected chi connectivity index (χ1v) is 3.72. The van der Waals surface area contributed by atoms with E-state index in [1.807, 2.05) is 0 Å². The van der Waals surface area contributed by atoms with Gasteiger partial charge in [0.2, 0.25) is 0 Å². The molecule has 0 heterocycles. The van der Waals surface area contributed by atoms with Gasteiger partial charge in [0.1, 0.15) is 0 Å². The Morgan fingerprint density at radius 3 is 1.54 bits per heavy atom. The fourth-order valence-corrected chi connectivity index (χ4v) is 0.517. The van der Waals surface area contributed by atoms with Crippen LogP contribution in [-0.2, 0) is 38.5 Å². The maximum atomic E-state index is 10.6. The molecule has 0 aromatic rings. The van der Waals surface area contributed by atoms with Crippen molar-refractivity contribution in [1.82, 2.24) is 0 Å². The van der Waals surface area contributed by atoms with Crippen molar-refractivity contribution in [3.05, 3.63) is 12.2 Å². The second kappa shape index (κ2) is 9.39. The Morgan fingerprint density at radius 2 is 1.31 bits per heavy atom. The predicted octanol–water partition coefficient (Wildman–Crippen LogP) is 0.666. The fraction of sp³-hybridized carbons (Fsp3) is 0.500. The van der Waals surface area contributed by atoms with Crippen molar-refractivity contribution in [2.24, 2.45) is 0 Å². The molecule has 0 atom stereocenters. The molecular weight excluding hydrogens is 225 g/mol. The fourth-order valence-electron chi connectivity index (χ4n) is 0.517. The summed E-state index contributed by atoms with van der Waals surface area (Å²) in [6.45, 7) is 3.98. The van der Waals surface area contributed by atoms with E-state index in [4.69, 9.17) is 0 Å². The standard InChI is InChI=1S/C8H12O4.Zn/c1-3-11-7(9)5-6-8(10)12-4-2;/h5-6H,3-4H2,1-2H3;/b6-5+;. The van der Waals surface area contributed by atoms with Crippen LogP contribution in [0.25, 0.3) is 0 Å². The van der Waals surface area contributed by atoms with Gasteiger partial charge in [0.15, 0.2) is 0 Å². The van der Waals surface area contributed by atoms with Crippen LogP contribution in [0.4, 0.5) is 0 Å². The molecule has 0 amide bonds. The first-order chi connectivity index (χ1) is 5.70. The average molecular weight is 238 g/mol. The van der Waals surface area contributed by atoms with Crippen LogP contribution in [0.5, 0.6) is 0 Å². The van der Waals surface area contributed by atoms with Gasteiger partial charge in [-0.3, -0.25) is 0 Å². The van der Waals surface area contributed by atoms with Gasteiger partial charge >= 0.3 is 11.9 Å². The van der Waals surface area contributed by atoms with Crippen LogP contribution in [-0.4, -0.2) is 25.2 Å². The van der Waals surface area contributed by atoms with Gasteiger partial charge < -0.3 is 9.47 Å². The van der Waals surface area contributed by atoms with Crippen molar-refractivity contribution in [3.8, 4) is 0 Å². The number of carbonyl (C=O) groups is 2. The third kappa shape index (κ3) is 9.22. The van der Waals surface area contributed by atoms with E-state index in [2.05, 4.69) is 9.47 Å². The summed E-state index contributed by atoms with van der Waals surface area (Å²) in [6, 6.07) is 0. The first kappa shape index (κ1) is 14.8. The minimum absolute atomic E-state index is 0. The number of rotatable bonds is 4. The molecule has 0 rings (SSSR count). The summed E-state index contributed by atoms with van der Waals surface area (Å²) in [5.74, 6) is -1.07.